The van der Waals surface area contributed by atoms with Crippen molar-refractivity contribution in [3.05, 3.63) is 0 Å². The molecular formula is C14H27N3O4. The molecule has 7 heteroatoms. The highest BCUT2D eigenvalue weighted by atomic mass is 16.4. The van der Waals surface area contributed by atoms with Crippen LogP contribution in [0.1, 0.15) is 39.5 Å². The van der Waals surface area contributed by atoms with Gasteiger partial charge in [0.25, 0.3) is 0 Å². The van der Waals surface area contributed by atoms with Gasteiger partial charge in [-0.15, -0.1) is 0 Å². The molecule has 0 rings (SSSR count). The second kappa shape index (κ2) is 10.0. The van der Waals surface area contributed by atoms with Crippen molar-refractivity contribution in [1.29, 1.82) is 0 Å². The van der Waals surface area contributed by atoms with Gasteiger partial charge in [-0.2, -0.15) is 0 Å². The number of amides is 3. The van der Waals surface area contributed by atoms with E-state index in [1.165, 1.54) is 9.80 Å². The fourth-order valence-electron chi connectivity index (χ4n) is 1.73. The normalized spacial score (nSPS) is 11.6. The maximum Gasteiger partial charge on any atom is 0.326 e. The molecule has 0 aliphatic carbocycles. The summed E-state index contributed by atoms with van der Waals surface area (Å²) in [6.45, 7) is 4.21. The van der Waals surface area contributed by atoms with Crippen LogP contribution in [0.5, 0.6) is 0 Å². The molecule has 7 nitrogen and oxygen atoms in total. The van der Waals surface area contributed by atoms with Crippen molar-refractivity contribution in [2.75, 3.05) is 27.2 Å². The molecule has 0 saturated heterocycles. The molecule has 0 aromatic heterocycles. The number of urea groups is 1. The van der Waals surface area contributed by atoms with Gasteiger partial charge in [0.1, 0.15) is 12.6 Å². The van der Waals surface area contributed by atoms with Crippen LogP contribution in [0.3, 0.4) is 0 Å². The van der Waals surface area contributed by atoms with E-state index in [-0.39, 0.29) is 12.5 Å². The van der Waals surface area contributed by atoms with E-state index < -0.39 is 18.0 Å². The minimum atomic E-state index is -1.05. The molecule has 0 aliphatic rings. The van der Waals surface area contributed by atoms with E-state index in [1.807, 2.05) is 13.8 Å². The average Bonchev–Trinajstić information content (AvgIpc) is 2.41. The van der Waals surface area contributed by atoms with E-state index in [0.717, 1.165) is 12.8 Å². The van der Waals surface area contributed by atoms with Gasteiger partial charge in [0.15, 0.2) is 0 Å². The van der Waals surface area contributed by atoms with Gasteiger partial charge >= 0.3 is 12.0 Å². The highest BCUT2D eigenvalue weighted by Gasteiger charge is 2.23. The highest BCUT2D eigenvalue weighted by molar-refractivity contribution is 5.86. The first kappa shape index (κ1) is 19.2. The van der Waals surface area contributed by atoms with Crippen LogP contribution in [0.2, 0.25) is 0 Å². The summed E-state index contributed by atoms with van der Waals surface area (Å²) in [4.78, 5) is 37.8. The first-order valence-corrected chi connectivity index (χ1v) is 7.31. The first-order chi connectivity index (χ1) is 9.83. The molecule has 21 heavy (non-hydrogen) atoms. The largest absolute Gasteiger partial charge is 0.480 e. The van der Waals surface area contributed by atoms with Gasteiger partial charge < -0.3 is 20.2 Å². The van der Waals surface area contributed by atoms with Crippen LogP contribution < -0.4 is 5.32 Å². The summed E-state index contributed by atoms with van der Waals surface area (Å²) >= 11 is 0. The van der Waals surface area contributed by atoms with E-state index in [2.05, 4.69) is 5.32 Å². The molecule has 0 aromatic rings. The summed E-state index contributed by atoms with van der Waals surface area (Å²) in [5.74, 6) is -1.24. The van der Waals surface area contributed by atoms with Crippen LogP contribution in [0.15, 0.2) is 0 Å². The summed E-state index contributed by atoms with van der Waals surface area (Å²) in [5.41, 5.74) is 0. The van der Waals surface area contributed by atoms with E-state index in [9.17, 15) is 14.4 Å². The van der Waals surface area contributed by atoms with Crippen LogP contribution >= 0.6 is 0 Å². The van der Waals surface area contributed by atoms with Gasteiger partial charge in [-0.1, -0.05) is 26.7 Å². The van der Waals surface area contributed by atoms with Gasteiger partial charge in [-0.05, 0) is 12.8 Å². The monoisotopic (exact) mass is 301 g/mol. The number of likely N-dealkylation sites (N-methyl/N-ethyl adjacent to an activating group) is 1. The lowest BCUT2D eigenvalue weighted by Gasteiger charge is -2.25. The summed E-state index contributed by atoms with van der Waals surface area (Å²) < 4.78 is 0. The number of nitrogens with one attached hydrogen (secondary N) is 1. The molecule has 2 N–H and O–H groups in total. The predicted octanol–water partition coefficient (Wildman–Crippen LogP) is 1.14. The minimum Gasteiger partial charge on any atom is -0.480 e. The van der Waals surface area contributed by atoms with Crippen molar-refractivity contribution in [1.82, 2.24) is 15.1 Å². The number of carbonyl (C=O) groups is 3. The molecular weight excluding hydrogens is 274 g/mol. The maximum atomic E-state index is 12.2. The van der Waals surface area contributed by atoms with Gasteiger partial charge in [0.05, 0.1) is 0 Å². The van der Waals surface area contributed by atoms with Crippen LogP contribution in [0, 0.1) is 0 Å². The van der Waals surface area contributed by atoms with Crippen molar-refractivity contribution in [3.63, 3.8) is 0 Å². The SMILES string of the molecule is CCCCC(NC(=O)N(CCC)CC(=O)N(C)C)C(=O)O. The molecule has 1 unspecified atom stereocenters. The summed E-state index contributed by atoms with van der Waals surface area (Å²) in [6.07, 6.45) is 2.67. The van der Waals surface area contributed by atoms with Gasteiger partial charge in [0.2, 0.25) is 5.91 Å². The second-order valence-corrected chi connectivity index (χ2v) is 5.19. The maximum absolute atomic E-state index is 12.2. The molecule has 3 amide bonds. The topological polar surface area (TPSA) is 90.0 Å². The standard InChI is InChI=1S/C14H27N3O4/c1-5-7-8-11(13(19)20)15-14(21)17(9-6-2)10-12(18)16(3)4/h11H,5-10H2,1-4H3,(H,15,21)(H,19,20). The number of carbonyl (C=O) groups excluding carboxylic acids is 2. The van der Waals surface area contributed by atoms with Crippen LogP contribution in [-0.2, 0) is 9.59 Å². The van der Waals surface area contributed by atoms with Crippen molar-refractivity contribution in [2.24, 2.45) is 0 Å². The zero-order chi connectivity index (χ0) is 16.4. The van der Waals surface area contributed by atoms with Crippen LogP contribution in [-0.4, -0.2) is 66.0 Å². The van der Waals surface area contributed by atoms with Crippen molar-refractivity contribution in [2.45, 2.75) is 45.6 Å². The van der Waals surface area contributed by atoms with E-state index in [4.69, 9.17) is 5.11 Å². The Morgan fingerprint density at radius 1 is 1.14 bits per heavy atom. The smallest absolute Gasteiger partial charge is 0.326 e. The lowest BCUT2D eigenvalue weighted by molar-refractivity contribution is -0.139. The lowest BCUT2D eigenvalue weighted by Crippen LogP contribution is -2.50. The summed E-state index contributed by atoms with van der Waals surface area (Å²) in [5, 5.41) is 11.6. The Hall–Kier alpha value is -1.79. The van der Waals surface area contributed by atoms with Crippen molar-refractivity contribution >= 4 is 17.9 Å². The minimum absolute atomic E-state index is 0.0488. The van der Waals surface area contributed by atoms with Crippen LogP contribution in [0.25, 0.3) is 0 Å². The number of carboxylic acid groups (broad SMARTS) is 1. The van der Waals surface area contributed by atoms with E-state index >= 15 is 0 Å². The van der Waals surface area contributed by atoms with Gasteiger partial charge in [0, 0.05) is 20.6 Å². The number of hydrogen-bond donors (Lipinski definition) is 2. The third-order valence-corrected chi connectivity index (χ3v) is 3.05. The molecule has 0 radical (unpaired) electrons. The zero-order valence-electron chi connectivity index (χ0n) is 13.4. The lowest BCUT2D eigenvalue weighted by atomic mass is 10.1. The Balaban J connectivity index is 4.70. The van der Waals surface area contributed by atoms with Crippen molar-refractivity contribution in [3.8, 4) is 0 Å². The molecule has 0 fully saturated rings. The third kappa shape index (κ3) is 7.53. The van der Waals surface area contributed by atoms with Crippen molar-refractivity contribution < 1.29 is 19.5 Å². The summed E-state index contributed by atoms with van der Waals surface area (Å²) in [7, 11) is 3.23. The Labute approximate surface area is 126 Å². The third-order valence-electron chi connectivity index (χ3n) is 3.05. The number of hydrogen-bond acceptors (Lipinski definition) is 3. The Morgan fingerprint density at radius 3 is 2.19 bits per heavy atom. The van der Waals surface area contributed by atoms with Crippen LogP contribution in [0.4, 0.5) is 4.79 Å². The number of unbranched alkanes of at least 4 members (excludes halogenated alkanes) is 1. The predicted molar refractivity (Wildman–Crippen MR) is 80.0 cm³/mol. The molecule has 0 spiro atoms. The molecule has 0 saturated carbocycles. The number of carboxylic acids is 1. The van der Waals surface area contributed by atoms with Gasteiger partial charge in [-0.3, -0.25) is 4.79 Å². The molecule has 0 aliphatic heterocycles. The first-order valence-electron chi connectivity index (χ1n) is 7.31. The highest BCUT2D eigenvalue weighted by Crippen LogP contribution is 2.03. The zero-order valence-corrected chi connectivity index (χ0v) is 13.4. The van der Waals surface area contributed by atoms with E-state index in [0.29, 0.717) is 19.4 Å². The Kier molecular flexibility index (Phi) is 9.16. The molecule has 122 valence electrons. The fourth-order valence-corrected chi connectivity index (χ4v) is 1.73. The van der Waals surface area contributed by atoms with Gasteiger partial charge in [-0.25, -0.2) is 9.59 Å². The number of aliphatic carboxylic acids is 1. The fraction of sp³-hybridized carbons (Fsp3) is 0.786. The quantitative estimate of drug-likeness (QED) is 0.668. The average molecular weight is 301 g/mol. The Morgan fingerprint density at radius 2 is 1.76 bits per heavy atom. The van der Waals surface area contributed by atoms with E-state index in [1.54, 1.807) is 14.1 Å². The molecule has 0 heterocycles. The second-order valence-electron chi connectivity index (χ2n) is 5.19. The Bertz CT molecular complexity index is 358. The molecule has 1 atom stereocenters. The number of rotatable bonds is 9. The summed E-state index contributed by atoms with van der Waals surface area (Å²) in [6, 6.07) is -1.41. The number of nitrogens with zero attached hydrogens (tertiary/aromatic N) is 2. The molecule has 0 bridgehead atoms. The molecule has 0 aromatic carbocycles.